The molecule has 3 heteroatoms. The zero-order chi connectivity index (χ0) is 12.1. The molecular weight excluding hydrogens is 210 g/mol. The van der Waals surface area contributed by atoms with Gasteiger partial charge in [0.2, 0.25) is 0 Å². The van der Waals surface area contributed by atoms with E-state index < -0.39 is 0 Å². The number of imidazole rings is 1. The summed E-state index contributed by atoms with van der Waals surface area (Å²) >= 11 is 0. The summed E-state index contributed by atoms with van der Waals surface area (Å²) in [4.78, 5) is 4.47. The maximum absolute atomic E-state index is 4.47. The van der Waals surface area contributed by atoms with Crippen molar-refractivity contribution in [3.8, 4) is 0 Å². The van der Waals surface area contributed by atoms with E-state index in [-0.39, 0.29) is 0 Å². The number of aromatic nitrogens is 2. The van der Waals surface area contributed by atoms with Gasteiger partial charge in [0.1, 0.15) is 5.82 Å². The summed E-state index contributed by atoms with van der Waals surface area (Å²) in [6, 6.07) is 0. The molecule has 17 heavy (non-hydrogen) atoms. The fraction of sp³-hybridized carbons (Fsp3) is 0.786. The van der Waals surface area contributed by atoms with Crippen LogP contribution in [0.2, 0.25) is 0 Å². The number of aryl methyl sites for hydroxylation is 1. The maximum atomic E-state index is 4.47. The normalized spacial score (nSPS) is 25.1. The van der Waals surface area contributed by atoms with Crippen LogP contribution < -0.4 is 5.32 Å². The van der Waals surface area contributed by atoms with Gasteiger partial charge in [0, 0.05) is 25.9 Å². The van der Waals surface area contributed by atoms with Crippen molar-refractivity contribution in [1.29, 1.82) is 0 Å². The average molecular weight is 235 g/mol. The van der Waals surface area contributed by atoms with E-state index in [0.717, 1.165) is 24.8 Å². The smallest absolute Gasteiger partial charge is 0.108 e. The van der Waals surface area contributed by atoms with Crippen LogP contribution in [0.5, 0.6) is 0 Å². The second kappa shape index (κ2) is 6.20. The predicted octanol–water partition coefficient (Wildman–Crippen LogP) is 2.38. The van der Waals surface area contributed by atoms with Gasteiger partial charge in [-0.3, -0.25) is 0 Å². The summed E-state index contributed by atoms with van der Waals surface area (Å²) in [7, 11) is 2.10. The number of nitrogens with zero attached hydrogens (tertiary/aromatic N) is 2. The fourth-order valence-electron chi connectivity index (χ4n) is 2.98. The van der Waals surface area contributed by atoms with Gasteiger partial charge in [-0.25, -0.2) is 4.98 Å². The Morgan fingerprint density at radius 3 is 2.76 bits per heavy atom. The second-order valence-corrected chi connectivity index (χ2v) is 5.27. The molecule has 0 spiro atoms. The monoisotopic (exact) mass is 235 g/mol. The molecule has 2 unspecified atom stereocenters. The highest BCUT2D eigenvalue weighted by atomic mass is 15.0. The first-order valence-electron chi connectivity index (χ1n) is 6.98. The third-order valence-electron chi connectivity index (χ3n) is 4.09. The minimum absolute atomic E-state index is 0.823. The number of rotatable bonds is 5. The minimum atomic E-state index is 0.823. The van der Waals surface area contributed by atoms with Crippen LogP contribution in [-0.4, -0.2) is 22.6 Å². The first-order valence-corrected chi connectivity index (χ1v) is 6.98. The van der Waals surface area contributed by atoms with E-state index >= 15 is 0 Å². The van der Waals surface area contributed by atoms with E-state index in [2.05, 4.69) is 35.0 Å². The van der Waals surface area contributed by atoms with E-state index in [4.69, 9.17) is 0 Å². The molecule has 0 aromatic carbocycles. The third kappa shape index (κ3) is 3.32. The molecule has 0 saturated heterocycles. The lowest BCUT2D eigenvalue weighted by Gasteiger charge is -2.31. The molecular formula is C14H25N3. The Labute approximate surface area is 105 Å². The molecule has 1 aromatic heterocycles. The summed E-state index contributed by atoms with van der Waals surface area (Å²) in [5.74, 6) is 2.92. The summed E-state index contributed by atoms with van der Waals surface area (Å²) in [5.41, 5.74) is 0. The molecule has 1 aromatic rings. The van der Waals surface area contributed by atoms with E-state index in [1.54, 1.807) is 0 Å². The van der Waals surface area contributed by atoms with Gasteiger partial charge < -0.3 is 9.88 Å². The number of hydrogen-bond donors (Lipinski definition) is 1. The maximum Gasteiger partial charge on any atom is 0.108 e. The lowest BCUT2D eigenvalue weighted by atomic mass is 9.77. The van der Waals surface area contributed by atoms with Crippen LogP contribution in [0.25, 0.3) is 0 Å². The Kier molecular flexibility index (Phi) is 4.60. The van der Waals surface area contributed by atoms with Gasteiger partial charge >= 0.3 is 0 Å². The molecule has 1 fully saturated rings. The quantitative estimate of drug-likeness (QED) is 0.849. The molecule has 1 saturated carbocycles. The van der Waals surface area contributed by atoms with E-state index in [9.17, 15) is 0 Å². The van der Waals surface area contributed by atoms with Crippen molar-refractivity contribution >= 4 is 0 Å². The Balaban J connectivity index is 1.94. The molecule has 2 rings (SSSR count). The molecule has 1 heterocycles. The SMILES string of the molecule is CCNCC1CCCCC1Cc1nccn1C. The first kappa shape index (κ1) is 12.6. The van der Waals surface area contributed by atoms with Gasteiger partial charge in [-0.15, -0.1) is 0 Å². The van der Waals surface area contributed by atoms with Gasteiger partial charge in [-0.2, -0.15) is 0 Å². The van der Waals surface area contributed by atoms with Crippen molar-refractivity contribution in [3.63, 3.8) is 0 Å². The standard InChI is InChI=1S/C14H25N3/c1-3-15-11-13-7-5-4-6-12(13)10-14-16-8-9-17(14)2/h8-9,12-13,15H,3-7,10-11H2,1-2H3. The largest absolute Gasteiger partial charge is 0.338 e. The summed E-state index contributed by atoms with van der Waals surface area (Å²) in [6.07, 6.45) is 10.7. The fourth-order valence-corrected chi connectivity index (χ4v) is 2.98. The Hall–Kier alpha value is -0.830. The van der Waals surface area contributed by atoms with Crippen molar-refractivity contribution in [2.45, 2.75) is 39.0 Å². The molecule has 2 atom stereocenters. The number of nitrogens with one attached hydrogen (secondary N) is 1. The van der Waals surface area contributed by atoms with Crippen LogP contribution in [0.1, 0.15) is 38.4 Å². The zero-order valence-corrected chi connectivity index (χ0v) is 11.2. The Morgan fingerprint density at radius 1 is 1.35 bits per heavy atom. The molecule has 0 amide bonds. The lowest BCUT2D eigenvalue weighted by molar-refractivity contribution is 0.226. The Morgan fingerprint density at radius 2 is 2.12 bits per heavy atom. The van der Waals surface area contributed by atoms with Crippen molar-refractivity contribution < 1.29 is 0 Å². The summed E-state index contributed by atoms with van der Waals surface area (Å²) in [5, 5.41) is 3.51. The van der Waals surface area contributed by atoms with Gasteiger partial charge in [0.25, 0.3) is 0 Å². The summed E-state index contributed by atoms with van der Waals surface area (Å²) < 4.78 is 2.17. The molecule has 1 N–H and O–H groups in total. The van der Waals surface area contributed by atoms with Crippen LogP contribution in [0.3, 0.4) is 0 Å². The first-order chi connectivity index (χ1) is 8.31. The predicted molar refractivity (Wildman–Crippen MR) is 70.9 cm³/mol. The Bertz CT molecular complexity index is 332. The number of hydrogen-bond acceptors (Lipinski definition) is 2. The highest BCUT2D eigenvalue weighted by molar-refractivity contribution is 4.95. The van der Waals surface area contributed by atoms with Crippen molar-refractivity contribution in [2.24, 2.45) is 18.9 Å². The zero-order valence-electron chi connectivity index (χ0n) is 11.2. The third-order valence-corrected chi connectivity index (χ3v) is 4.09. The summed E-state index contributed by atoms with van der Waals surface area (Å²) in [6.45, 7) is 4.47. The van der Waals surface area contributed by atoms with Crippen LogP contribution in [0.15, 0.2) is 12.4 Å². The minimum Gasteiger partial charge on any atom is -0.338 e. The molecule has 3 nitrogen and oxygen atoms in total. The molecule has 96 valence electrons. The highest BCUT2D eigenvalue weighted by Crippen LogP contribution is 2.31. The van der Waals surface area contributed by atoms with E-state index in [0.29, 0.717) is 0 Å². The average Bonchev–Trinajstić information content (AvgIpc) is 2.74. The van der Waals surface area contributed by atoms with Gasteiger partial charge in [0.15, 0.2) is 0 Å². The van der Waals surface area contributed by atoms with Crippen molar-refractivity contribution in [3.05, 3.63) is 18.2 Å². The van der Waals surface area contributed by atoms with Gasteiger partial charge in [0.05, 0.1) is 0 Å². The van der Waals surface area contributed by atoms with E-state index in [1.165, 1.54) is 38.1 Å². The topological polar surface area (TPSA) is 29.9 Å². The van der Waals surface area contributed by atoms with Crippen LogP contribution in [-0.2, 0) is 13.5 Å². The van der Waals surface area contributed by atoms with Gasteiger partial charge in [-0.1, -0.05) is 19.8 Å². The van der Waals surface area contributed by atoms with Crippen LogP contribution >= 0.6 is 0 Å². The second-order valence-electron chi connectivity index (χ2n) is 5.27. The van der Waals surface area contributed by atoms with Crippen LogP contribution in [0, 0.1) is 11.8 Å². The highest BCUT2D eigenvalue weighted by Gasteiger charge is 2.25. The van der Waals surface area contributed by atoms with Gasteiger partial charge in [-0.05, 0) is 37.8 Å². The van der Waals surface area contributed by atoms with Crippen molar-refractivity contribution in [1.82, 2.24) is 14.9 Å². The molecule has 0 radical (unpaired) electrons. The molecule has 0 aliphatic heterocycles. The molecule has 0 bridgehead atoms. The van der Waals surface area contributed by atoms with E-state index in [1.807, 2.05) is 6.20 Å². The lowest BCUT2D eigenvalue weighted by Crippen LogP contribution is -2.32. The van der Waals surface area contributed by atoms with Crippen molar-refractivity contribution in [2.75, 3.05) is 13.1 Å². The van der Waals surface area contributed by atoms with Crippen LogP contribution in [0.4, 0.5) is 0 Å². The molecule has 1 aliphatic rings. The molecule has 1 aliphatic carbocycles.